The number of nitrogens with two attached hydrogens (primary N) is 1. The first-order valence-corrected chi connectivity index (χ1v) is 19.3. The topological polar surface area (TPSA) is 75.4 Å². The van der Waals surface area contributed by atoms with Crippen molar-refractivity contribution in [2.24, 2.45) is 5.73 Å². The lowest BCUT2D eigenvalue weighted by molar-refractivity contribution is -0.121. The highest BCUT2D eigenvalue weighted by Crippen LogP contribution is 2.15. The Kier molecular flexibility index (Phi) is 44.1. The number of aliphatic hydroxyl groups is 1. The maximum absolute atomic E-state index is 12.0. The molecule has 0 aromatic carbocycles. The second-order valence-electron chi connectivity index (χ2n) is 12.9. The Balaban J connectivity index is 0. The number of aliphatic hydroxyl groups excluding tert-OH is 1. The fourth-order valence-electron chi connectivity index (χ4n) is 5.65. The Labute approximate surface area is 265 Å². The Morgan fingerprint density at radius 3 is 0.952 bits per heavy atom. The highest BCUT2D eigenvalue weighted by atomic mass is 16.3. The van der Waals surface area contributed by atoms with Gasteiger partial charge in [-0.1, -0.05) is 200 Å². The molecule has 4 heteroatoms. The number of unbranched alkanes of at least 4 members (excludes halogenated alkanes) is 29. The van der Waals surface area contributed by atoms with Gasteiger partial charge in [-0.3, -0.25) is 4.79 Å². The molecule has 0 aliphatic carbocycles. The number of carbonyl (C=O) groups excluding carboxylic acids is 1. The molecule has 4 N–H and O–H groups in total. The van der Waals surface area contributed by atoms with E-state index in [9.17, 15) is 4.79 Å². The van der Waals surface area contributed by atoms with Crippen molar-refractivity contribution in [3.8, 4) is 0 Å². The minimum Gasteiger partial charge on any atom is -0.395 e. The molecule has 0 heterocycles. The third-order valence-corrected chi connectivity index (χ3v) is 8.49. The molecule has 254 valence electrons. The maximum Gasteiger partial charge on any atom is 0.219 e. The summed E-state index contributed by atoms with van der Waals surface area (Å²) in [6.45, 7) is 5.94. The molecule has 0 bridgehead atoms. The van der Waals surface area contributed by atoms with Gasteiger partial charge in [-0.05, 0) is 12.8 Å². The van der Waals surface area contributed by atoms with Crippen LogP contribution in [0.1, 0.15) is 219 Å². The van der Waals surface area contributed by atoms with Crippen molar-refractivity contribution in [3.05, 3.63) is 0 Å². The number of hydrogen-bond acceptors (Lipinski definition) is 3. The highest BCUT2D eigenvalue weighted by molar-refractivity contribution is 5.75. The SMILES string of the molecule is CCCCCCCCCCCCCCCCCCCC(=O)NCCCCCCCCCCCCCCCC.NCCO. The van der Waals surface area contributed by atoms with Crippen LogP contribution in [-0.2, 0) is 4.79 Å². The molecule has 0 fully saturated rings. The maximum atomic E-state index is 12.0. The summed E-state index contributed by atoms with van der Waals surface area (Å²) in [5.74, 6) is 0.278. The first-order chi connectivity index (χ1) is 20.7. The minimum atomic E-state index is 0.0972. The molecule has 0 aromatic heterocycles. The van der Waals surface area contributed by atoms with Crippen molar-refractivity contribution in [1.82, 2.24) is 5.32 Å². The predicted octanol–water partition coefficient (Wildman–Crippen LogP) is 11.6. The Hall–Kier alpha value is -0.610. The van der Waals surface area contributed by atoms with Crippen LogP contribution in [0.2, 0.25) is 0 Å². The second-order valence-corrected chi connectivity index (χ2v) is 12.9. The van der Waals surface area contributed by atoms with Crippen molar-refractivity contribution in [3.63, 3.8) is 0 Å². The average Bonchev–Trinajstić information content (AvgIpc) is 3.00. The zero-order chi connectivity index (χ0) is 31.0. The van der Waals surface area contributed by atoms with Crippen LogP contribution >= 0.6 is 0 Å². The molecule has 0 spiro atoms. The second kappa shape index (κ2) is 42.5. The first kappa shape index (κ1) is 43.5. The number of nitrogens with one attached hydrogen (secondary N) is 1. The fourth-order valence-corrected chi connectivity index (χ4v) is 5.65. The fraction of sp³-hybridized carbons (Fsp3) is 0.974. The summed E-state index contributed by atoms with van der Waals surface area (Å²) < 4.78 is 0. The summed E-state index contributed by atoms with van der Waals surface area (Å²) in [6, 6.07) is 0. The van der Waals surface area contributed by atoms with Crippen molar-refractivity contribution in [2.75, 3.05) is 19.7 Å². The van der Waals surface area contributed by atoms with Gasteiger partial charge < -0.3 is 16.2 Å². The monoisotopic (exact) mass is 597 g/mol. The molecule has 0 aliphatic rings. The summed E-state index contributed by atoms with van der Waals surface area (Å²) in [4.78, 5) is 12.0. The van der Waals surface area contributed by atoms with E-state index >= 15 is 0 Å². The largest absolute Gasteiger partial charge is 0.395 e. The van der Waals surface area contributed by atoms with E-state index in [0.717, 1.165) is 25.8 Å². The van der Waals surface area contributed by atoms with Crippen LogP contribution in [0, 0.1) is 0 Å². The van der Waals surface area contributed by atoms with Crippen LogP contribution in [0.3, 0.4) is 0 Å². The summed E-state index contributed by atoms with van der Waals surface area (Å²) in [7, 11) is 0. The minimum absolute atomic E-state index is 0.0972. The van der Waals surface area contributed by atoms with Crippen LogP contribution in [0.4, 0.5) is 0 Å². The number of rotatable bonds is 34. The molecule has 0 saturated carbocycles. The van der Waals surface area contributed by atoms with Gasteiger partial charge in [0, 0.05) is 19.5 Å². The molecular formula is C38H80N2O2. The molecule has 4 nitrogen and oxygen atoms in total. The van der Waals surface area contributed by atoms with Crippen molar-refractivity contribution >= 4 is 5.91 Å². The van der Waals surface area contributed by atoms with Crippen LogP contribution < -0.4 is 11.1 Å². The molecule has 0 aromatic rings. The molecule has 0 atom stereocenters. The van der Waals surface area contributed by atoms with Crippen molar-refractivity contribution in [2.45, 2.75) is 219 Å². The third kappa shape index (κ3) is 43.8. The zero-order valence-electron chi connectivity index (χ0n) is 29.2. The highest BCUT2D eigenvalue weighted by Gasteiger charge is 2.01. The number of hydrogen-bond donors (Lipinski definition) is 3. The van der Waals surface area contributed by atoms with Gasteiger partial charge in [0.25, 0.3) is 0 Å². The van der Waals surface area contributed by atoms with E-state index in [2.05, 4.69) is 19.2 Å². The molecule has 0 radical (unpaired) electrons. The third-order valence-electron chi connectivity index (χ3n) is 8.49. The predicted molar refractivity (Wildman–Crippen MR) is 188 cm³/mol. The molecule has 0 unspecified atom stereocenters. The van der Waals surface area contributed by atoms with E-state index in [4.69, 9.17) is 10.8 Å². The van der Waals surface area contributed by atoms with Crippen LogP contribution in [0.25, 0.3) is 0 Å². The smallest absolute Gasteiger partial charge is 0.219 e. The van der Waals surface area contributed by atoms with E-state index in [1.807, 2.05) is 0 Å². The van der Waals surface area contributed by atoms with Crippen molar-refractivity contribution < 1.29 is 9.90 Å². The van der Waals surface area contributed by atoms with Gasteiger partial charge in [0.15, 0.2) is 0 Å². The average molecular weight is 597 g/mol. The Bertz CT molecular complexity index is 470. The lowest BCUT2D eigenvalue weighted by Gasteiger charge is -2.06. The van der Waals surface area contributed by atoms with Crippen LogP contribution in [0.15, 0.2) is 0 Å². The Morgan fingerprint density at radius 1 is 0.452 bits per heavy atom. The summed E-state index contributed by atoms with van der Waals surface area (Å²) in [5.41, 5.74) is 4.78. The van der Waals surface area contributed by atoms with Gasteiger partial charge in [0.2, 0.25) is 5.91 Å². The van der Waals surface area contributed by atoms with Crippen LogP contribution in [-0.4, -0.2) is 30.7 Å². The lowest BCUT2D eigenvalue weighted by atomic mass is 10.0. The summed E-state index contributed by atoms with van der Waals surface area (Å²) in [6.07, 6.45) is 43.7. The Morgan fingerprint density at radius 2 is 0.690 bits per heavy atom. The van der Waals surface area contributed by atoms with E-state index in [-0.39, 0.29) is 12.5 Å². The molecule has 0 aliphatic heterocycles. The number of amides is 1. The van der Waals surface area contributed by atoms with E-state index in [1.54, 1.807) is 0 Å². The van der Waals surface area contributed by atoms with Crippen LogP contribution in [0.5, 0.6) is 0 Å². The van der Waals surface area contributed by atoms with E-state index < -0.39 is 0 Å². The molecule has 42 heavy (non-hydrogen) atoms. The summed E-state index contributed by atoms with van der Waals surface area (Å²) in [5, 5.41) is 10.9. The van der Waals surface area contributed by atoms with Gasteiger partial charge in [-0.25, -0.2) is 0 Å². The molecule has 0 rings (SSSR count). The summed E-state index contributed by atoms with van der Waals surface area (Å²) >= 11 is 0. The zero-order valence-corrected chi connectivity index (χ0v) is 29.2. The van der Waals surface area contributed by atoms with Gasteiger partial charge in [0.05, 0.1) is 6.61 Å². The van der Waals surface area contributed by atoms with Gasteiger partial charge in [-0.15, -0.1) is 0 Å². The van der Waals surface area contributed by atoms with Gasteiger partial charge >= 0.3 is 0 Å². The standard InChI is InChI=1S/C36H73NO.C2H7NO/c1-3-5-7-9-11-13-15-17-19-20-21-22-24-26-28-30-32-34-36(38)37-35-33-31-29-27-25-23-18-16-14-12-10-8-6-4-2;3-1-2-4/h3-35H2,1-2H3,(H,37,38);4H,1-3H2. The quantitative estimate of drug-likeness (QED) is 0.0647. The molecular weight excluding hydrogens is 516 g/mol. The number of carbonyl (C=O) groups is 1. The van der Waals surface area contributed by atoms with Gasteiger partial charge in [-0.2, -0.15) is 0 Å². The van der Waals surface area contributed by atoms with E-state index in [0.29, 0.717) is 6.54 Å². The lowest BCUT2D eigenvalue weighted by Crippen LogP contribution is -2.23. The van der Waals surface area contributed by atoms with Crippen molar-refractivity contribution in [1.29, 1.82) is 0 Å². The first-order valence-electron chi connectivity index (χ1n) is 19.3. The van der Waals surface area contributed by atoms with Gasteiger partial charge in [0.1, 0.15) is 0 Å². The molecule has 1 amide bonds. The molecule has 0 saturated heterocycles. The van der Waals surface area contributed by atoms with E-state index in [1.165, 1.54) is 186 Å². The normalized spacial score (nSPS) is 11.0.